The van der Waals surface area contributed by atoms with Gasteiger partial charge in [0.25, 0.3) is 0 Å². The summed E-state index contributed by atoms with van der Waals surface area (Å²) in [5.74, 6) is 0. The van der Waals surface area contributed by atoms with Gasteiger partial charge in [-0.1, -0.05) is 6.07 Å². The van der Waals surface area contributed by atoms with Crippen LogP contribution in [0.5, 0.6) is 0 Å². The second-order valence-corrected chi connectivity index (χ2v) is 6.14. The molecule has 2 amide bonds. The minimum absolute atomic E-state index is 0.0173. The Morgan fingerprint density at radius 1 is 1.35 bits per heavy atom. The lowest BCUT2D eigenvalue weighted by atomic mass is 10.1. The average Bonchev–Trinajstić information content (AvgIpc) is 3.13. The SMILES string of the molecule is O=C(NC[C@H]1CCCO1)N1CCC(OCc2ccccn2)CC1. The van der Waals surface area contributed by atoms with Crippen molar-refractivity contribution in [1.82, 2.24) is 15.2 Å². The molecule has 1 atom stereocenters. The van der Waals surface area contributed by atoms with E-state index in [4.69, 9.17) is 9.47 Å². The van der Waals surface area contributed by atoms with Gasteiger partial charge in [0, 0.05) is 32.4 Å². The van der Waals surface area contributed by atoms with Crippen molar-refractivity contribution in [3.05, 3.63) is 30.1 Å². The zero-order chi connectivity index (χ0) is 15.9. The number of pyridine rings is 1. The summed E-state index contributed by atoms with van der Waals surface area (Å²) in [4.78, 5) is 18.3. The Hall–Kier alpha value is -1.66. The summed E-state index contributed by atoms with van der Waals surface area (Å²) in [6.45, 7) is 3.46. The highest BCUT2D eigenvalue weighted by Crippen LogP contribution is 2.16. The zero-order valence-electron chi connectivity index (χ0n) is 13.4. The third-order valence-electron chi connectivity index (χ3n) is 4.43. The van der Waals surface area contributed by atoms with Crippen molar-refractivity contribution in [2.45, 2.75) is 44.5 Å². The predicted molar refractivity (Wildman–Crippen MR) is 86.0 cm³/mol. The molecule has 1 aromatic rings. The van der Waals surface area contributed by atoms with Crippen LogP contribution >= 0.6 is 0 Å². The van der Waals surface area contributed by atoms with Crippen LogP contribution < -0.4 is 5.32 Å². The number of urea groups is 1. The molecule has 0 aliphatic carbocycles. The number of nitrogens with zero attached hydrogens (tertiary/aromatic N) is 2. The van der Waals surface area contributed by atoms with Crippen molar-refractivity contribution in [2.75, 3.05) is 26.2 Å². The van der Waals surface area contributed by atoms with Gasteiger partial charge in [-0.25, -0.2) is 4.79 Å². The van der Waals surface area contributed by atoms with Crippen molar-refractivity contribution in [3.8, 4) is 0 Å². The third-order valence-corrected chi connectivity index (χ3v) is 4.43. The highest BCUT2D eigenvalue weighted by Gasteiger charge is 2.24. The van der Waals surface area contributed by atoms with Crippen LogP contribution in [-0.2, 0) is 16.1 Å². The van der Waals surface area contributed by atoms with Gasteiger partial charge in [-0.3, -0.25) is 4.98 Å². The lowest BCUT2D eigenvalue weighted by Crippen LogP contribution is -2.47. The number of nitrogens with one attached hydrogen (secondary N) is 1. The molecule has 2 aliphatic heterocycles. The Morgan fingerprint density at radius 2 is 2.22 bits per heavy atom. The molecule has 0 bridgehead atoms. The molecule has 126 valence electrons. The van der Waals surface area contributed by atoms with E-state index in [0.29, 0.717) is 13.2 Å². The Morgan fingerprint density at radius 3 is 2.91 bits per heavy atom. The first-order chi connectivity index (χ1) is 11.3. The molecular formula is C17H25N3O3. The number of aromatic nitrogens is 1. The molecule has 0 saturated carbocycles. The van der Waals surface area contributed by atoms with E-state index in [1.54, 1.807) is 6.20 Å². The maximum absolute atomic E-state index is 12.1. The van der Waals surface area contributed by atoms with Gasteiger partial charge in [0.15, 0.2) is 0 Å². The lowest BCUT2D eigenvalue weighted by molar-refractivity contribution is 0.00280. The normalized spacial score (nSPS) is 22.3. The number of likely N-dealkylation sites (tertiary alicyclic amines) is 1. The molecule has 6 nitrogen and oxygen atoms in total. The van der Waals surface area contributed by atoms with E-state index in [-0.39, 0.29) is 18.2 Å². The summed E-state index contributed by atoms with van der Waals surface area (Å²) in [7, 11) is 0. The van der Waals surface area contributed by atoms with Crippen LogP contribution in [0.3, 0.4) is 0 Å². The van der Waals surface area contributed by atoms with Crippen molar-refractivity contribution < 1.29 is 14.3 Å². The van der Waals surface area contributed by atoms with Gasteiger partial charge in [-0.2, -0.15) is 0 Å². The van der Waals surface area contributed by atoms with Gasteiger partial charge in [0.1, 0.15) is 0 Å². The molecule has 3 heterocycles. The first-order valence-electron chi connectivity index (χ1n) is 8.47. The number of ether oxygens (including phenoxy) is 2. The van der Waals surface area contributed by atoms with Gasteiger partial charge in [-0.05, 0) is 37.8 Å². The van der Waals surface area contributed by atoms with E-state index in [1.165, 1.54) is 0 Å². The predicted octanol–water partition coefficient (Wildman–Crippen LogP) is 1.95. The molecule has 0 unspecified atom stereocenters. The fraction of sp³-hybridized carbons (Fsp3) is 0.647. The smallest absolute Gasteiger partial charge is 0.317 e. The molecule has 0 aromatic carbocycles. The maximum atomic E-state index is 12.1. The van der Waals surface area contributed by atoms with Crippen LogP contribution in [0.15, 0.2) is 24.4 Å². The number of carbonyl (C=O) groups is 1. The summed E-state index contributed by atoms with van der Waals surface area (Å²) in [5.41, 5.74) is 0.948. The second kappa shape index (κ2) is 8.26. The number of hydrogen-bond donors (Lipinski definition) is 1. The van der Waals surface area contributed by atoms with Crippen LogP contribution in [0.4, 0.5) is 4.79 Å². The Labute approximate surface area is 137 Å². The van der Waals surface area contributed by atoms with E-state index in [2.05, 4.69) is 10.3 Å². The number of piperidine rings is 1. The van der Waals surface area contributed by atoms with Gasteiger partial charge in [0.05, 0.1) is 24.5 Å². The molecule has 2 aliphatic rings. The molecule has 2 saturated heterocycles. The fourth-order valence-corrected chi connectivity index (χ4v) is 3.03. The fourth-order valence-electron chi connectivity index (χ4n) is 3.03. The standard InChI is InChI=1S/C17H25N3O3/c21-17(19-12-16-5-3-11-22-16)20-9-6-15(7-10-20)23-13-14-4-1-2-8-18-14/h1-2,4,8,15-16H,3,5-7,9-13H2,(H,19,21)/t16-/m1/s1. The van der Waals surface area contributed by atoms with Crippen molar-refractivity contribution >= 4 is 6.03 Å². The number of carbonyl (C=O) groups excluding carboxylic acids is 1. The van der Waals surface area contributed by atoms with Crippen LogP contribution in [0, 0.1) is 0 Å². The highest BCUT2D eigenvalue weighted by atomic mass is 16.5. The maximum Gasteiger partial charge on any atom is 0.317 e. The molecule has 0 radical (unpaired) electrons. The quantitative estimate of drug-likeness (QED) is 0.901. The molecule has 0 spiro atoms. The largest absolute Gasteiger partial charge is 0.376 e. The van der Waals surface area contributed by atoms with E-state index in [1.807, 2.05) is 23.1 Å². The summed E-state index contributed by atoms with van der Waals surface area (Å²) in [6, 6.07) is 5.85. The highest BCUT2D eigenvalue weighted by molar-refractivity contribution is 5.74. The van der Waals surface area contributed by atoms with Crippen molar-refractivity contribution in [1.29, 1.82) is 0 Å². The number of amides is 2. The monoisotopic (exact) mass is 319 g/mol. The number of hydrogen-bond acceptors (Lipinski definition) is 4. The molecule has 1 N–H and O–H groups in total. The van der Waals surface area contributed by atoms with Crippen LogP contribution in [0.2, 0.25) is 0 Å². The Balaban J connectivity index is 1.33. The first-order valence-corrected chi connectivity index (χ1v) is 8.47. The lowest BCUT2D eigenvalue weighted by Gasteiger charge is -2.32. The van der Waals surface area contributed by atoms with Gasteiger partial charge >= 0.3 is 6.03 Å². The summed E-state index contributed by atoms with van der Waals surface area (Å²) >= 11 is 0. The molecular weight excluding hydrogens is 294 g/mol. The van der Waals surface area contributed by atoms with E-state index >= 15 is 0 Å². The van der Waals surface area contributed by atoms with Crippen LogP contribution in [-0.4, -0.2) is 54.4 Å². The van der Waals surface area contributed by atoms with Crippen molar-refractivity contribution in [3.63, 3.8) is 0 Å². The minimum Gasteiger partial charge on any atom is -0.376 e. The Bertz CT molecular complexity index is 483. The molecule has 6 heteroatoms. The molecule has 1 aromatic heterocycles. The topological polar surface area (TPSA) is 63.7 Å². The first kappa shape index (κ1) is 16.2. The second-order valence-electron chi connectivity index (χ2n) is 6.14. The van der Waals surface area contributed by atoms with Crippen molar-refractivity contribution in [2.24, 2.45) is 0 Å². The summed E-state index contributed by atoms with van der Waals surface area (Å²) in [6.07, 6.45) is 6.07. The van der Waals surface area contributed by atoms with Crippen LogP contribution in [0.1, 0.15) is 31.4 Å². The third kappa shape index (κ3) is 4.91. The minimum atomic E-state index is 0.0173. The van der Waals surface area contributed by atoms with Gasteiger partial charge in [0.2, 0.25) is 0 Å². The van der Waals surface area contributed by atoms with Gasteiger partial charge < -0.3 is 19.7 Å². The van der Waals surface area contributed by atoms with Crippen LogP contribution in [0.25, 0.3) is 0 Å². The summed E-state index contributed by atoms with van der Waals surface area (Å²) < 4.78 is 11.4. The van der Waals surface area contributed by atoms with Gasteiger partial charge in [-0.15, -0.1) is 0 Å². The van der Waals surface area contributed by atoms with E-state index in [9.17, 15) is 4.79 Å². The Kier molecular flexibility index (Phi) is 5.82. The molecule has 2 fully saturated rings. The average molecular weight is 319 g/mol. The zero-order valence-corrected chi connectivity index (χ0v) is 13.4. The molecule has 3 rings (SSSR count). The molecule has 23 heavy (non-hydrogen) atoms. The van der Waals surface area contributed by atoms with E-state index in [0.717, 1.165) is 51.1 Å². The number of rotatable bonds is 5. The summed E-state index contributed by atoms with van der Waals surface area (Å²) in [5, 5.41) is 2.98. The van der Waals surface area contributed by atoms with E-state index < -0.39 is 0 Å².